The predicted octanol–water partition coefficient (Wildman–Crippen LogP) is 6.49. The lowest BCUT2D eigenvalue weighted by Crippen LogP contribution is -2.45. The van der Waals surface area contributed by atoms with Crippen molar-refractivity contribution in [2.24, 2.45) is 0 Å². The predicted molar refractivity (Wildman–Crippen MR) is 107 cm³/mol. The highest BCUT2D eigenvalue weighted by Gasteiger charge is 2.59. The van der Waals surface area contributed by atoms with Crippen LogP contribution in [0.5, 0.6) is 0 Å². The summed E-state index contributed by atoms with van der Waals surface area (Å²) in [6.07, 6.45) is -11.4. The lowest BCUT2D eigenvalue weighted by Gasteiger charge is -2.33. The summed E-state index contributed by atoms with van der Waals surface area (Å²) in [5.74, 6) is 0. The number of halogens is 8. The number of rotatable bonds is 4. The van der Waals surface area contributed by atoms with E-state index in [0.29, 0.717) is 0 Å². The number of carbonyl (C=O) groups is 1. The van der Waals surface area contributed by atoms with Gasteiger partial charge in [-0.1, -0.05) is 29.3 Å². The zero-order chi connectivity index (χ0) is 23.9. The maximum absolute atomic E-state index is 14.2. The summed E-state index contributed by atoms with van der Waals surface area (Å²) in [5, 5.41) is 10.5. The van der Waals surface area contributed by atoms with Crippen LogP contribution in [0.15, 0.2) is 36.4 Å². The van der Waals surface area contributed by atoms with Gasteiger partial charge in [-0.05, 0) is 47.9 Å². The third kappa shape index (κ3) is 4.85. The van der Waals surface area contributed by atoms with E-state index >= 15 is 0 Å². The summed E-state index contributed by atoms with van der Waals surface area (Å²) in [6.45, 7) is -1.39. The van der Waals surface area contributed by atoms with E-state index in [-0.39, 0.29) is 33.4 Å². The Morgan fingerprint density at radius 3 is 2.22 bits per heavy atom. The van der Waals surface area contributed by atoms with Gasteiger partial charge in [0.25, 0.3) is 0 Å². The van der Waals surface area contributed by atoms with E-state index < -0.39 is 48.9 Å². The van der Waals surface area contributed by atoms with Crippen LogP contribution >= 0.6 is 23.2 Å². The first-order valence-corrected chi connectivity index (χ1v) is 9.94. The van der Waals surface area contributed by atoms with Crippen LogP contribution in [0, 0.1) is 0 Å². The Hall–Kier alpha value is -2.33. The number of hydrogen-bond donors (Lipinski definition) is 2. The summed E-state index contributed by atoms with van der Waals surface area (Å²) in [7, 11) is 0. The van der Waals surface area contributed by atoms with Gasteiger partial charge in [-0.25, -0.2) is 4.79 Å². The first kappa shape index (κ1) is 24.3. The normalized spacial score (nSPS) is 19.3. The number of benzene rings is 2. The van der Waals surface area contributed by atoms with Crippen LogP contribution in [-0.2, 0) is 18.1 Å². The molecule has 12 heteroatoms. The molecule has 3 rings (SSSR count). The molecule has 0 bridgehead atoms. The molecule has 1 aliphatic rings. The molecule has 1 heterocycles. The minimum Gasteiger partial charge on any atom is -0.465 e. The summed E-state index contributed by atoms with van der Waals surface area (Å²) in [5.41, 5.74) is -4.06. The fraction of sp³-hybridized carbons (Fsp3) is 0.350. The van der Waals surface area contributed by atoms with Crippen molar-refractivity contribution in [3.05, 3.63) is 63.1 Å². The third-order valence-electron chi connectivity index (χ3n) is 5.42. The van der Waals surface area contributed by atoms with Crippen LogP contribution in [0.4, 0.5) is 36.8 Å². The van der Waals surface area contributed by atoms with Gasteiger partial charge in [0, 0.05) is 35.4 Å². The molecule has 1 amide bonds. The zero-order valence-corrected chi connectivity index (χ0v) is 17.6. The lowest BCUT2D eigenvalue weighted by atomic mass is 9.79. The van der Waals surface area contributed by atoms with Gasteiger partial charge in [-0.3, -0.25) is 0 Å². The molecule has 1 saturated heterocycles. The van der Waals surface area contributed by atoms with Crippen LogP contribution < -0.4 is 10.2 Å². The maximum atomic E-state index is 14.2. The summed E-state index contributed by atoms with van der Waals surface area (Å²) in [4.78, 5) is 11.8. The minimum absolute atomic E-state index is 0.0178. The molecule has 0 aliphatic carbocycles. The molecule has 2 aromatic rings. The Labute approximate surface area is 188 Å². The molecule has 0 aromatic heterocycles. The van der Waals surface area contributed by atoms with Gasteiger partial charge in [0.1, 0.15) is 5.41 Å². The fourth-order valence-corrected chi connectivity index (χ4v) is 4.37. The van der Waals surface area contributed by atoms with Gasteiger partial charge < -0.3 is 15.3 Å². The molecule has 0 saturated carbocycles. The van der Waals surface area contributed by atoms with Gasteiger partial charge in [0.2, 0.25) is 0 Å². The number of carboxylic acid groups (broad SMARTS) is 1. The van der Waals surface area contributed by atoms with Crippen LogP contribution in [-0.4, -0.2) is 30.5 Å². The molecule has 174 valence electrons. The maximum Gasteiger partial charge on any atom is 0.416 e. The Balaban J connectivity index is 2.00. The highest BCUT2D eigenvalue weighted by Crippen LogP contribution is 2.50. The molecule has 2 N–H and O–H groups in total. The molecule has 1 atom stereocenters. The quantitative estimate of drug-likeness (QED) is 0.471. The van der Waals surface area contributed by atoms with E-state index in [4.69, 9.17) is 28.3 Å². The Morgan fingerprint density at radius 2 is 1.69 bits per heavy atom. The molecule has 0 radical (unpaired) electrons. The van der Waals surface area contributed by atoms with Gasteiger partial charge in [0.05, 0.1) is 5.56 Å². The number of nitrogens with zero attached hydrogens (tertiary/aromatic N) is 1. The van der Waals surface area contributed by atoms with Crippen molar-refractivity contribution in [2.45, 2.75) is 30.7 Å². The van der Waals surface area contributed by atoms with Crippen molar-refractivity contribution in [3.8, 4) is 0 Å². The SMILES string of the molecule is O=C(O)NCc1ccc(N2CCC(c3cc(Cl)cc(Cl)c3)(C(F)(F)F)C2)cc1C(F)(F)F. The second-order valence-electron chi connectivity index (χ2n) is 7.41. The van der Waals surface area contributed by atoms with Crippen LogP contribution in [0.3, 0.4) is 0 Å². The van der Waals surface area contributed by atoms with E-state index in [1.54, 1.807) is 0 Å². The van der Waals surface area contributed by atoms with Gasteiger partial charge in [-0.2, -0.15) is 26.3 Å². The van der Waals surface area contributed by atoms with Crippen LogP contribution in [0.1, 0.15) is 23.1 Å². The molecule has 1 unspecified atom stereocenters. The molecule has 0 spiro atoms. The first-order chi connectivity index (χ1) is 14.7. The minimum atomic E-state index is -4.83. The number of hydrogen-bond acceptors (Lipinski definition) is 2. The highest BCUT2D eigenvalue weighted by molar-refractivity contribution is 6.34. The van der Waals surface area contributed by atoms with Crippen molar-refractivity contribution < 1.29 is 36.2 Å². The summed E-state index contributed by atoms with van der Waals surface area (Å²) >= 11 is 11.8. The number of amides is 1. The topological polar surface area (TPSA) is 52.6 Å². The molecule has 1 fully saturated rings. The average molecular weight is 501 g/mol. The number of anilines is 1. The van der Waals surface area contributed by atoms with E-state index in [1.807, 2.05) is 5.32 Å². The lowest BCUT2D eigenvalue weighted by molar-refractivity contribution is -0.184. The van der Waals surface area contributed by atoms with E-state index in [0.717, 1.165) is 24.3 Å². The van der Waals surface area contributed by atoms with Crippen molar-refractivity contribution in [3.63, 3.8) is 0 Å². The van der Waals surface area contributed by atoms with E-state index in [1.165, 1.54) is 17.0 Å². The largest absolute Gasteiger partial charge is 0.465 e. The van der Waals surface area contributed by atoms with Crippen LogP contribution in [0.2, 0.25) is 10.0 Å². The second-order valence-corrected chi connectivity index (χ2v) is 8.28. The fourth-order valence-electron chi connectivity index (χ4n) is 3.84. The smallest absolute Gasteiger partial charge is 0.416 e. The zero-order valence-electron chi connectivity index (χ0n) is 16.1. The van der Waals surface area contributed by atoms with E-state index in [2.05, 4.69) is 0 Å². The molecule has 1 aliphatic heterocycles. The first-order valence-electron chi connectivity index (χ1n) is 9.18. The monoisotopic (exact) mass is 500 g/mol. The van der Waals surface area contributed by atoms with Crippen molar-refractivity contribution in [1.29, 1.82) is 0 Å². The summed E-state index contributed by atoms with van der Waals surface area (Å²) < 4.78 is 83.2. The Morgan fingerprint density at radius 1 is 1.06 bits per heavy atom. The van der Waals surface area contributed by atoms with Gasteiger partial charge in [-0.15, -0.1) is 0 Å². The third-order valence-corrected chi connectivity index (χ3v) is 5.86. The molecule has 32 heavy (non-hydrogen) atoms. The number of nitrogens with one attached hydrogen (secondary N) is 1. The van der Waals surface area contributed by atoms with Crippen molar-refractivity contribution in [2.75, 3.05) is 18.0 Å². The average Bonchev–Trinajstić information content (AvgIpc) is 3.11. The van der Waals surface area contributed by atoms with E-state index in [9.17, 15) is 31.1 Å². The van der Waals surface area contributed by atoms with Crippen molar-refractivity contribution >= 4 is 35.0 Å². The second kappa shape index (κ2) is 8.55. The highest BCUT2D eigenvalue weighted by atomic mass is 35.5. The standard InChI is InChI=1S/C20H16Cl2F6N2O2/c21-13-5-12(6-14(22)7-13)18(20(26,27)28)3-4-30(10-18)15-2-1-11(9-29-17(31)32)16(8-15)19(23,24)25/h1-2,5-8,29H,3-4,9-10H2,(H,31,32). The number of alkyl halides is 6. The van der Waals surface area contributed by atoms with Gasteiger partial charge in [0.15, 0.2) is 0 Å². The van der Waals surface area contributed by atoms with Crippen molar-refractivity contribution in [1.82, 2.24) is 5.32 Å². The molecule has 2 aromatic carbocycles. The Bertz CT molecular complexity index is 1010. The molecular formula is C20H16Cl2F6N2O2. The Kier molecular flexibility index (Phi) is 6.50. The summed E-state index contributed by atoms with van der Waals surface area (Å²) in [6, 6.07) is 6.64. The van der Waals surface area contributed by atoms with Crippen LogP contribution in [0.25, 0.3) is 0 Å². The molecule has 4 nitrogen and oxygen atoms in total. The van der Waals surface area contributed by atoms with Gasteiger partial charge >= 0.3 is 18.4 Å². The molecular weight excluding hydrogens is 485 g/mol.